The molecule has 1 unspecified atom stereocenters. The molecule has 0 aromatic heterocycles. The van der Waals surface area contributed by atoms with Crippen LogP contribution in [0.25, 0.3) is 0 Å². The molecule has 0 saturated carbocycles. The third kappa shape index (κ3) is 9.06. The largest absolute Gasteiger partial charge is 0.342 e. The Morgan fingerprint density at radius 3 is 2.20 bits per heavy atom. The van der Waals surface area contributed by atoms with Gasteiger partial charge in [-0.25, -0.2) is 0 Å². The van der Waals surface area contributed by atoms with Gasteiger partial charge in [0, 0.05) is 0 Å². The summed E-state index contributed by atoms with van der Waals surface area (Å²) in [7, 11) is -3.93. The zero-order valence-electron chi connectivity index (χ0n) is 9.78. The summed E-state index contributed by atoms with van der Waals surface area (Å²) in [6, 6.07) is 0. The third-order valence-electron chi connectivity index (χ3n) is 2.47. The Morgan fingerprint density at radius 1 is 1.13 bits per heavy atom. The molecule has 0 bridgehead atoms. The van der Waals surface area contributed by atoms with E-state index in [0.717, 1.165) is 12.8 Å². The van der Waals surface area contributed by atoms with Crippen LogP contribution in [0.1, 0.15) is 52.4 Å². The zero-order valence-corrected chi connectivity index (χ0v) is 10.7. The first-order valence-electron chi connectivity index (χ1n) is 5.77. The van der Waals surface area contributed by atoms with Gasteiger partial charge in [-0.05, 0) is 19.9 Å². The van der Waals surface area contributed by atoms with E-state index in [2.05, 4.69) is 12.2 Å². The highest BCUT2D eigenvalue weighted by molar-refractivity contribution is 7.52. The van der Waals surface area contributed by atoms with Crippen molar-refractivity contribution in [2.75, 3.05) is 6.54 Å². The minimum absolute atomic E-state index is 0.693. The van der Waals surface area contributed by atoms with E-state index in [4.69, 9.17) is 9.79 Å². The average Bonchev–Trinajstić information content (AvgIpc) is 2.14. The second-order valence-electron chi connectivity index (χ2n) is 3.99. The van der Waals surface area contributed by atoms with Crippen molar-refractivity contribution in [1.29, 1.82) is 0 Å². The fourth-order valence-electron chi connectivity index (χ4n) is 1.34. The molecule has 0 rings (SSSR count). The van der Waals surface area contributed by atoms with Gasteiger partial charge >= 0.3 is 7.60 Å². The van der Waals surface area contributed by atoms with Crippen molar-refractivity contribution < 1.29 is 14.4 Å². The molecule has 0 spiro atoms. The second-order valence-corrected chi connectivity index (χ2v) is 5.94. The fourth-order valence-corrected chi connectivity index (χ4v) is 1.70. The molecular weight excluding hydrogens is 213 g/mol. The van der Waals surface area contributed by atoms with Crippen LogP contribution in [0.4, 0.5) is 0 Å². The molecule has 4 nitrogen and oxygen atoms in total. The molecular formula is C10H24NO3P. The van der Waals surface area contributed by atoms with E-state index in [0.29, 0.717) is 6.54 Å². The molecule has 92 valence electrons. The van der Waals surface area contributed by atoms with Gasteiger partial charge in [0.2, 0.25) is 0 Å². The van der Waals surface area contributed by atoms with Gasteiger partial charge in [0.05, 0.1) is 0 Å². The highest BCUT2D eigenvalue weighted by Gasteiger charge is 2.22. The van der Waals surface area contributed by atoms with E-state index >= 15 is 0 Å². The summed E-state index contributed by atoms with van der Waals surface area (Å²) in [5.74, 6) is -0.715. The fraction of sp³-hybridized carbons (Fsp3) is 1.00. The Hall–Kier alpha value is 0.110. The standard InChI is InChI=1S/C10H24NO3P/c1-3-4-5-6-7-8-9-11-10(2)15(12,13)14/h10-11H,3-9H2,1-2H3,(H2,12,13,14). The molecule has 0 aliphatic rings. The predicted molar refractivity (Wildman–Crippen MR) is 62.9 cm³/mol. The number of unbranched alkanes of at least 4 members (excludes halogenated alkanes) is 5. The van der Waals surface area contributed by atoms with Crippen molar-refractivity contribution in [2.24, 2.45) is 0 Å². The van der Waals surface area contributed by atoms with Crippen LogP contribution in [-0.4, -0.2) is 22.1 Å². The summed E-state index contributed by atoms with van der Waals surface area (Å²) >= 11 is 0. The molecule has 0 amide bonds. The Bertz CT molecular complexity index is 193. The lowest BCUT2D eigenvalue weighted by atomic mass is 10.1. The van der Waals surface area contributed by atoms with Crippen LogP contribution in [-0.2, 0) is 4.57 Å². The van der Waals surface area contributed by atoms with Gasteiger partial charge in [-0.2, -0.15) is 0 Å². The maximum absolute atomic E-state index is 10.8. The Labute approximate surface area is 92.6 Å². The van der Waals surface area contributed by atoms with Crippen LogP contribution in [0.15, 0.2) is 0 Å². The molecule has 0 aliphatic carbocycles. The summed E-state index contributed by atoms with van der Waals surface area (Å²) in [5.41, 5.74) is 0. The molecule has 0 saturated heterocycles. The van der Waals surface area contributed by atoms with Gasteiger partial charge in [0.25, 0.3) is 0 Å². The predicted octanol–water partition coefficient (Wildman–Crippen LogP) is 2.46. The van der Waals surface area contributed by atoms with Gasteiger partial charge in [-0.1, -0.05) is 39.0 Å². The maximum atomic E-state index is 10.8. The molecule has 0 aliphatic heterocycles. The summed E-state index contributed by atoms with van der Waals surface area (Å²) in [6.07, 6.45) is 7.15. The highest BCUT2D eigenvalue weighted by Crippen LogP contribution is 2.38. The van der Waals surface area contributed by atoms with Crippen molar-refractivity contribution in [3.8, 4) is 0 Å². The smallest absolute Gasteiger partial charge is 0.323 e. The lowest BCUT2D eigenvalue weighted by Crippen LogP contribution is -2.26. The van der Waals surface area contributed by atoms with Crippen molar-refractivity contribution in [2.45, 2.75) is 58.2 Å². The van der Waals surface area contributed by atoms with E-state index in [1.54, 1.807) is 0 Å². The second kappa shape index (κ2) is 8.28. The van der Waals surface area contributed by atoms with Crippen molar-refractivity contribution in [3.05, 3.63) is 0 Å². The highest BCUT2D eigenvalue weighted by atomic mass is 31.2. The first-order chi connectivity index (χ1) is 6.98. The van der Waals surface area contributed by atoms with E-state index < -0.39 is 13.4 Å². The first-order valence-corrected chi connectivity index (χ1v) is 7.45. The summed E-state index contributed by atoms with van der Waals surface area (Å²) in [5, 5.41) is 2.85. The number of hydrogen-bond acceptors (Lipinski definition) is 2. The Balaban J connectivity index is 3.28. The molecule has 1 atom stereocenters. The molecule has 0 aromatic rings. The van der Waals surface area contributed by atoms with Gasteiger partial charge in [0.15, 0.2) is 0 Å². The summed E-state index contributed by atoms with van der Waals surface area (Å²) in [4.78, 5) is 17.6. The lowest BCUT2D eigenvalue weighted by Gasteiger charge is -2.14. The number of nitrogens with one attached hydrogen (secondary N) is 1. The normalized spacial score (nSPS) is 14.1. The molecule has 0 fully saturated rings. The van der Waals surface area contributed by atoms with Crippen molar-refractivity contribution >= 4 is 7.60 Å². The van der Waals surface area contributed by atoms with Gasteiger partial charge in [-0.3, -0.25) is 4.57 Å². The van der Waals surface area contributed by atoms with Gasteiger partial charge in [0.1, 0.15) is 5.78 Å². The van der Waals surface area contributed by atoms with Crippen LogP contribution in [0.3, 0.4) is 0 Å². The van der Waals surface area contributed by atoms with Crippen LogP contribution in [0.2, 0.25) is 0 Å². The zero-order chi connectivity index (χ0) is 11.7. The number of hydrogen-bond donors (Lipinski definition) is 3. The van der Waals surface area contributed by atoms with Crippen LogP contribution in [0, 0.1) is 0 Å². The molecule has 0 radical (unpaired) electrons. The van der Waals surface area contributed by atoms with Crippen LogP contribution < -0.4 is 5.32 Å². The first kappa shape index (κ1) is 15.1. The van der Waals surface area contributed by atoms with Crippen LogP contribution >= 0.6 is 7.60 Å². The Kier molecular flexibility index (Phi) is 8.34. The summed E-state index contributed by atoms with van der Waals surface area (Å²) in [6.45, 7) is 4.40. The monoisotopic (exact) mass is 237 g/mol. The van der Waals surface area contributed by atoms with E-state index in [9.17, 15) is 4.57 Å². The molecule has 15 heavy (non-hydrogen) atoms. The molecule has 0 heterocycles. The quantitative estimate of drug-likeness (QED) is 0.425. The number of rotatable bonds is 9. The summed E-state index contributed by atoms with van der Waals surface area (Å²) < 4.78 is 10.8. The lowest BCUT2D eigenvalue weighted by molar-refractivity contribution is 0.350. The van der Waals surface area contributed by atoms with Gasteiger partial charge < -0.3 is 15.1 Å². The topological polar surface area (TPSA) is 69.6 Å². The van der Waals surface area contributed by atoms with E-state index in [1.807, 2.05) is 0 Å². The Morgan fingerprint density at radius 2 is 1.67 bits per heavy atom. The minimum Gasteiger partial charge on any atom is -0.323 e. The van der Waals surface area contributed by atoms with Crippen molar-refractivity contribution in [3.63, 3.8) is 0 Å². The van der Waals surface area contributed by atoms with E-state index in [-0.39, 0.29) is 0 Å². The molecule has 3 N–H and O–H groups in total. The third-order valence-corrected chi connectivity index (χ3v) is 3.67. The minimum atomic E-state index is -3.93. The van der Waals surface area contributed by atoms with E-state index in [1.165, 1.54) is 32.6 Å². The van der Waals surface area contributed by atoms with Crippen LogP contribution in [0.5, 0.6) is 0 Å². The SMILES string of the molecule is CCCCCCCCNC(C)P(=O)(O)O. The molecule has 0 aromatic carbocycles. The van der Waals surface area contributed by atoms with Crippen molar-refractivity contribution in [1.82, 2.24) is 5.32 Å². The average molecular weight is 237 g/mol. The maximum Gasteiger partial charge on any atom is 0.342 e. The molecule has 5 heteroatoms. The van der Waals surface area contributed by atoms with Gasteiger partial charge in [-0.15, -0.1) is 0 Å².